The molecule has 3 nitrogen and oxygen atoms in total. The number of nitrogens with zero attached hydrogens (tertiary/aromatic N) is 1. The van der Waals surface area contributed by atoms with E-state index in [9.17, 15) is 4.39 Å². The summed E-state index contributed by atoms with van der Waals surface area (Å²) < 4.78 is 21.0. The molecule has 0 spiro atoms. The van der Waals surface area contributed by atoms with Crippen LogP contribution in [0.1, 0.15) is 11.3 Å². The number of hydrogen-bond acceptors (Lipinski definition) is 2. The molecule has 0 aliphatic rings. The molecule has 1 aromatic heterocycles. The molecular formula is C14H17FN2O. The smallest absolute Gasteiger partial charge is 0.170 e. The fraction of sp³-hybridized carbons (Fsp3) is 0.286. The third-order valence-electron chi connectivity index (χ3n) is 2.89. The summed E-state index contributed by atoms with van der Waals surface area (Å²) in [5.74, 6) is -0.000990. The first-order valence-corrected chi connectivity index (χ1v) is 5.86. The number of ether oxygens (including phenoxy) is 1. The van der Waals surface area contributed by atoms with Crippen LogP contribution in [0.5, 0.6) is 5.75 Å². The van der Waals surface area contributed by atoms with Gasteiger partial charge in [-0.05, 0) is 25.2 Å². The van der Waals surface area contributed by atoms with Gasteiger partial charge in [0, 0.05) is 24.0 Å². The lowest BCUT2D eigenvalue weighted by molar-refractivity contribution is 0.383. The Balaban J connectivity index is 2.25. The van der Waals surface area contributed by atoms with E-state index >= 15 is 0 Å². The van der Waals surface area contributed by atoms with Crippen molar-refractivity contribution in [2.45, 2.75) is 13.1 Å². The summed E-state index contributed by atoms with van der Waals surface area (Å²) in [5.41, 5.74) is 1.75. The number of halogens is 1. The summed E-state index contributed by atoms with van der Waals surface area (Å²) in [5, 5.41) is 3.09. The summed E-state index contributed by atoms with van der Waals surface area (Å²) in [6, 6.07) is 9.20. The summed E-state index contributed by atoms with van der Waals surface area (Å²) in [7, 11) is 3.37. The van der Waals surface area contributed by atoms with Crippen molar-refractivity contribution in [3.05, 3.63) is 53.6 Å². The minimum Gasteiger partial charge on any atom is -0.494 e. The summed E-state index contributed by atoms with van der Waals surface area (Å²) in [6.45, 7) is 1.27. The molecule has 0 bridgehead atoms. The fourth-order valence-corrected chi connectivity index (χ4v) is 1.96. The predicted octanol–water partition coefficient (Wildman–Crippen LogP) is 2.40. The molecule has 4 heteroatoms. The van der Waals surface area contributed by atoms with Crippen LogP contribution in [-0.2, 0) is 13.1 Å². The number of hydrogen-bond donors (Lipinski definition) is 1. The van der Waals surface area contributed by atoms with E-state index in [-0.39, 0.29) is 11.6 Å². The number of rotatable bonds is 5. The van der Waals surface area contributed by atoms with E-state index in [1.54, 1.807) is 18.2 Å². The van der Waals surface area contributed by atoms with Crippen molar-refractivity contribution in [1.29, 1.82) is 0 Å². The zero-order valence-electron chi connectivity index (χ0n) is 10.6. The SMILES string of the molecule is CNCc1cccn1Cc1cccc(OC)c1F. The second kappa shape index (κ2) is 5.69. The van der Waals surface area contributed by atoms with Crippen LogP contribution in [0.25, 0.3) is 0 Å². The average molecular weight is 248 g/mol. The highest BCUT2D eigenvalue weighted by atomic mass is 19.1. The van der Waals surface area contributed by atoms with E-state index in [1.165, 1.54) is 7.11 Å². The Morgan fingerprint density at radius 3 is 2.83 bits per heavy atom. The van der Waals surface area contributed by atoms with Crippen LogP contribution in [0.3, 0.4) is 0 Å². The van der Waals surface area contributed by atoms with Crippen LogP contribution in [0.2, 0.25) is 0 Å². The zero-order valence-corrected chi connectivity index (χ0v) is 10.6. The highest BCUT2D eigenvalue weighted by Crippen LogP contribution is 2.21. The molecule has 2 rings (SSSR count). The first-order chi connectivity index (χ1) is 8.76. The molecule has 0 atom stereocenters. The van der Waals surface area contributed by atoms with Gasteiger partial charge in [-0.2, -0.15) is 0 Å². The quantitative estimate of drug-likeness (QED) is 0.879. The van der Waals surface area contributed by atoms with Crippen molar-refractivity contribution in [3.63, 3.8) is 0 Å². The monoisotopic (exact) mass is 248 g/mol. The Morgan fingerprint density at radius 1 is 1.28 bits per heavy atom. The molecule has 0 saturated heterocycles. The highest BCUT2D eigenvalue weighted by molar-refractivity contribution is 5.31. The van der Waals surface area contributed by atoms with Gasteiger partial charge in [-0.1, -0.05) is 12.1 Å². The van der Waals surface area contributed by atoms with Gasteiger partial charge < -0.3 is 14.6 Å². The number of benzene rings is 1. The van der Waals surface area contributed by atoms with Gasteiger partial charge in [0.25, 0.3) is 0 Å². The second-order valence-electron chi connectivity index (χ2n) is 4.09. The maximum absolute atomic E-state index is 14.0. The average Bonchev–Trinajstić information content (AvgIpc) is 2.80. The lowest BCUT2D eigenvalue weighted by Crippen LogP contribution is -2.12. The van der Waals surface area contributed by atoms with Crippen LogP contribution in [0.15, 0.2) is 36.5 Å². The molecule has 0 unspecified atom stereocenters. The Morgan fingerprint density at radius 2 is 2.11 bits per heavy atom. The van der Waals surface area contributed by atoms with Crippen LogP contribution >= 0.6 is 0 Å². The Bertz CT molecular complexity index is 522. The van der Waals surface area contributed by atoms with Gasteiger partial charge in [-0.15, -0.1) is 0 Å². The molecule has 96 valence electrons. The number of aromatic nitrogens is 1. The van der Waals surface area contributed by atoms with Crippen molar-refractivity contribution in [2.24, 2.45) is 0 Å². The molecule has 0 saturated carbocycles. The van der Waals surface area contributed by atoms with Crippen molar-refractivity contribution in [2.75, 3.05) is 14.2 Å². The summed E-state index contributed by atoms with van der Waals surface area (Å²) in [6.07, 6.45) is 1.95. The van der Waals surface area contributed by atoms with Crippen molar-refractivity contribution >= 4 is 0 Å². The predicted molar refractivity (Wildman–Crippen MR) is 69.2 cm³/mol. The summed E-state index contributed by atoms with van der Waals surface area (Å²) in [4.78, 5) is 0. The van der Waals surface area contributed by atoms with E-state index in [4.69, 9.17) is 4.74 Å². The van der Waals surface area contributed by atoms with Gasteiger partial charge in [-0.25, -0.2) is 4.39 Å². The lowest BCUT2D eigenvalue weighted by Gasteiger charge is -2.11. The zero-order chi connectivity index (χ0) is 13.0. The van der Waals surface area contributed by atoms with E-state index in [2.05, 4.69) is 5.32 Å². The van der Waals surface area contributed by atoms with Crippen molar-refractivity contribution in [1.82, 2.24) is 9.88 Å². The minimum atomic E-state index is -0.288. The molecule has 18 heavy (non-hydrogen) atoms. The minimum absolute atomic E-state index is 0.287. The normalized spacial score (nSPS) is 10.6. The molecule has 1 heterocycles. The summed E-state index contributed by atoms with van der Waals surface area (Å²) >= 11 is 0. The molecule has 2 aromatic rings. The van der Waals surface area contributed by atoms with Crippen LogP contribution in [0, 0.1) is 5.82 Å². The third-order valence-corrected chi connectivity index (χ3v) is 2.89. The maximum Gasteiger partial charge on any atom is 0.170 e. The van der Waals surface area contributed by atoms with Gasteiger partial charge in [0.15, 0.2) is 11.6 Å². The fourth-order valence-electron chi connectivity index (χ4n) is 1.96. The standard InChI is InChI=1S/C14H17FN2O/c1-16-9-12-6-4-8-17(12)10-11-5-3-7-13(18-2)14(11)15/h3-8,16H,9-10H2,1-2H3. The van der Waals surface area contributed by atoms with Crippen LogP contribution in [-0.4, -0.2) is 18.7 Å². The number of methoxy groups -OCH3 is 1. The molecule has 0 amide bonds. The topological polar surface area (TPSA) is 26.2 Å². The van der Waals surface area contributed by atoms with E-state index in [0.29, 0.717) is 12.1 Å². The lowest BCUT2D eigenvalue weighted by atomic mass is 10.2. The van der Waals surface area contributed by atoms with Crippen LogP contribution in [0.4, 0.5) is 4.39 Å². The number of nitrogens with one attached hydrogen (secondary N) is 1. The van der Waals surface area contributed by atoms with E-state index in [0.717, 1.165) is 12.2 Å². The first-order valence-electron chi connectivity index (χ1n) is 5.86. The Kier molecular flexibility index (Phi) is 3.99. The maximum atomic E-state index is 14.0. The molecule has 1 aromatic carbocycles. The molecular weight excluding hydrogens is 231 g/mol. The highest BCUT2D eigenvalue weighted by Gasteiger charge is 2.09. The Labute approximate surface area is 106 Å². The molecule has 0 fully saturated rings. The Hall–Kier alpha value is -1.81. The first kappa shape index (κ1) is 12.6. The van der Waals surface area contributed by atoms with Gasteiger partial charge >= 0.3 is 0 Å². The van der Waals surface area contributed by atoms with E-state index in [1.807, 2.05) is 29.9 Å². The van der Waals surface area contributed by atoms with Crippen molar-refractivity contribution in [3.8, 4) is 5.75 Å². The molecule has 0 radical (unpaired) electrons. The second-order valence-corrected chi connectivity index (χ2v) is 4.09. The molecule has 1 N–H and O–H groups in total. The van der Waals surface area contributed by atoms with Crippen molar-refractivity contribution < 1.29 is 9.13 Å². The van der Waals surface area contributed by atoms with Gasteiger partial charge in [0.05, 0.1) is 13.7 Å². The van der Waals surface area contributed by atoms with E-state index < -0.39 is 0 Å². The van der Waals surface area contributed by atoms with Gasteiger partial charge in [0.2, 0.25) is 0 Å². The molecule has 0 aliphatic heterocycles. The largest absolute Gasteiger partial charge is 0.494 e. The van der Waals surface area contributed by atoms with Crippen LogP contribution < -0.4 is 10.1 Å². The van der Waals surface area contributed by atoms with Gasteiger partial charge in [-0.3, -0.25) is 0 Å². The van der Waals surface area contributed by atoms with Gasteiger partial charge in [0.1, 0.15) is 0 Å². The third kappa shape index (κ3) is 2.54. The molecule has 0 aliphatic carbocycles.